The van der Waals surface area contributed by atoms with Crippen LogP contribution in [0.2, 0.25) is 5.02 Å². The Morgan fingerprint density at radius 3 is 2.70 bits per heavy atom. The smallest absolute Gasteiger partial charge is 0.343 e. The maximum absolute atomic E-state index is 13.4. The largest absolute Gasteiger partial charge is 0.417 e. The number of aromatic nitrogens is 5. The Kier molecular flexibility index (Phi) is 4.97. The summed E-state index contributed by atoms with van der Waals surface area (Å²) in [4.78, 5) is 26.7. The number of halogens is 4. The number of aromatic amines is 1. The van der Waals surface area contributed by atoms with Crippen molar-refractivity contribution in [2.45, 2.75) is 19.1 Å². The topological polar surface area (TPSA) is 79.7 Å². The fourth-order valence-electron chi connectivity index (χ4n) is 3.87. The summed E-state index contributed by atoms with van der Waals surface area (Å²) in [6.07, 6.45) is 0.294. The molecule has 33 heavy (non-hydrogen) atoms. The summed E-state index contributed by atoms with van der Waals surface area (Å²) in [7, 11) is 0. The van der Waals surface area contributed by atoms with Gasteiger partial charge < -0.3 is 9.88 Å². The third-order valence-corrected chi connectivity index (χ3v) is 5.75. The third-order valence-electron chi connectivity index (χ3n) is 5.44. The van der Waals surface area contributed by atoms with E-state index in [0.717, 1.165) is 12.1 Å². The summed E-state index contributed by atoms with van der Waals surface area (Å²) in [6.45, 7) is 2.10. The van der Waals surface area contributed by atoms with E-state index in [9.17, 15) is 18.0 Å². The molecular formula is C22H16ClF3N6O. The second-order valence-electron chi connectivity index (χ2n) is 7.63. The molecule has 0 radical (unpaired) electrons. The molecule has 1 aliphatic rings. The van der Waals surface area contributed by atoms with E-state index in [1.807, 2.05) is 13.0 Å². The molecule has 1 amide bonds. The molecule has 4 aromatic rings. The number of pyridine rings is 1. The summed E-state index contributed by atoms with van der Waals surface area (Å²) >= 11 is 5.89. The van der Waals surface area contributed by atoms with E-state index in [1.165, 1.54) is 11.0 Å². The van der Waals surface area contributed by atoms with Crippen LogP contribution in [-0.2, 0) is 6.18 Å². The molecule has 1 aliphatic heterocycles. The molecule has 0 saturated carbocycles. The van der Waals surface area contributed by atoms with Crippen LogP contribution in [0.25, 0.3) is 22.8 Å². The summed E-state index contributed by atoms with van der Waals surface area (Å²) in [6, 6.07) is 8.51. The third kappa shape index (κ3) is 3.66. The van der Waals surface area contributed by atoms with Crippen LogP contribution in [0.15, 0.2) is 55.0 Å². The number of carbonyl (C=O) groups excluding carboxylic acids is 1. The molecule has 4 heterocycles. The van der Waals surface area contributed by atoms with E-state index in [1.54, 1.807) is 35.4 Å². The van der Waals surface area contributed by atoms with E-state index < -0.39 is 22.7 Å². The van der Waals surface area contributed by atoms with Crippen LogP contribution in [-0.4, -0.2) is 37.2 Å². The molecule has 0 aliphatic carbocycles. The molecular weight excluding hydrogens is 457 g/mol. The van der Waals surface area contributed by atoms with E-state index in [0.29, 0.717) is 28.5 Å². The van der Waals surface area contributed by atoms with E-state index in [4.69, 9.17) is 11.6 Å². The van der Waals surface area contributed by atoms with E-state index in [2.05, 4.69) is 20.1 Å². The quantitative estimate of drug-likeness (QED) is 0.443. The van der Waals surface area contributed by atoms with Crippen LogP contribution < -0.4 is 4.90 Å². The summed E-state index contributed by atoms with van der Waals surface area (Å²) in [5.74, 6) is 0.132. The number of anilines is 1. The Morgan fingerprint density at radius 1 is 1.18 bits per heavy atom. The average molecular weight is 473 g/mol. The van der Waals surface area contributed by atoms with Gasteiger partial charge in [0.25, 0.3) is 5.91 Å². The van der Waals surface area contributed by atoms with Gasteiger partial charge in [0.05, 0.1) is 34.1 Å². The van der Waals surface area contributed by atoms with Crippen LogP contribution in [0.5, 0.6) is 0 Å². The first-order chi connectivity index (χ1) is 15.7. The van der Waals surface area contributed by atoms with Gasteiger partial charge >= 0.3 is 6.18 Å². The molecule has 1 unspecified atom stereocenters. The van der Waals surface area contributed by atoms with Gasteiger partial charge in [0, 0.05) is 24.6 Å². The zero-order valence-electron chi connectivity index (χ0n) is 17.1. The van der Waals surface area contributed by atoms with Gasteiger partial charge in [-0.15, -0.1) is 0 Å². The first-order valence-electron chi connectivity index (χ1n) is 9.97. The maximum atomic E-state index is 13.4. The number of H-pyrrole nitrogens is 1. The van der Waals surface area contributed by atoms with Gasteiger partial charge in [-0.05, 0) is 37.3 Å². The van der Waals surface area contributed by atoms with E-state index in [-0.39, 0.29) is 18.3 Å². The van der Waals surface area contributed by atoms with Gasteiger partial charge in [0.1, 0.15) is 11.4 Å². The zero-order chi connectivity index (χ0) is 23.3. The molecule has 0 spiro atoms. The number of imidazole rings is 1. The number of rotatable bonds is 3. The number of carbonyl (C=O) groups is 1. The number of hydrogen-bond donors (Lipinski definition) is 1. The number of nitrogens with zero attached hydrogens (tertiary/aromatic N) is 5. The SMILES string of the molecule is CC1CN(c2ccc(C(F)(F)F)c(Cl)c2)C(=O)c2c(-c3c[nH]c(-c4ccccn4)n3)cnn21. The molecule has 168 valence electrons. The zero-order valence-corrected chi connectivity index (χ0v) is 17.9. The van der Waals surface area contributed by atoms with Crippen molar-refractivity contribution in [1.29, 1.82) is 0 Å². The van der Waals surface area contributed by atoms with Gasteiger partial charge in [-0.2, -0.15) is 18.3 Å². The molecule has 0 bridgehead atoms. The minimum atomic E-state index is -4.58. The normalized spacial score (nSPS) is 16.2. The number of hydrogen-bond acceptors (Lipinski definition) is 4. The minimum Gasteiger partial charge on any atom is -0.343 e. The highest BCUT2D eigenvalue weighted by Crippen LogP contribution is 2.38. The highest BCUT2D eigenvalue weighted by molar-refractivity contribution is 6.31. The van der Waals surface area contributed by atoms with Crippen LogP contribution in [0.4, 0.5) is 18.9 Å². The molecule has 0 fully saturated rings. The van der Waals surface area contributed by atoms with Crippen LogP contribution >= 0.6 is 11.6 Å². The van der Waals surface area contributed by atoms with Crippen molar-refractivity contribution >= 4 is 23.2 Å². The van der Waals surface area contributed by atoms with Crippen LogP contribution in [0, 0.1) is 0 Å². The lowest BCUT2D eigenvalue weighted by Crippen LogP contribution is -2.42. The van der Waals surface area contributed by atoms with Gasteiger partial charge in [-0.3, -0.25) is 14.5 Å². The lowest BCUT2D eigenvalue weighted by atomic mass is 10.1. The molecule has 11 heteroatoms. The predicted octanol–water partition coefficient (Wildman–Crippen LogP) is 5.23. The number of nitrogens with one attached hydrogen (secondary N) is 1. The summed E-state index contributed by atoms with van der Waals surface area (Å²) < 4.78 is 40.9. The maximum Gasteiger partial charge on any atom is 0.417 e. The number of amides is 1. The minimum absolute atomic E-state index is 0.221. The Morgan fingerprint density at radius 2 is 2.00 bits per heavy atom. The Bertz CT molecular complexity index is 1350. The van der Waals surface area contributed by atoms with Gasteiger partial charge in [0.15, 0.2) is 5.82 Å². The fourth-order valence-corrected chi connectivity index (χ4v) is 4.15. The lowest BCUT2D eigenvalue weighted by Gasteiger charge is -2.32. The molecule has 3 aromatic heterocycles. The first kappa shape index (κ1) is 21.2. The standard InChI is InChI=1S/C22H16ClF3N6O/c1-12-11-31(13-5-6-15(16(23)8-13)22(24,25)26)21(33)19-14(9-29-32(12)19)18-10-28-20(30-18)17-4-2-3-7-27-17/h2-10,12H,11H2,1H3,(H,28,30). The van der Waals surface area contributed by atoms with Gasteiger partial charge in [-0.25, -0.2) is 4.98 Å². The van der Waals surface area contributed by atoms with Crippen molar-refractivity contribution in [3.05, 3.63) is 71.3 Å². The second kappa shape index (κ2) is 7.73. The molecule has 1 atom stereocenters. The monoisotopic (exact) mass is 472 g/mol. The number of fused-ring (bicyclic) bond motifs is 1. The van der Waals surface area contributed by atoms with Crippen molar-refractivity contribution in [3.8, 4) is 22.8 Å². The van der Waals surface area contributed by atoms with Crippen molar-refractivity contribution in [3.63, 3.8) is 0 Å². The van der Waals surface area contributed by atoms with Crippen molar-refractivity contribution in [2.24, 2.45) is 0 Å². The van der Waals surface area contributed by atoms with Gasteiger partial charge in [-0.1, -0.05) is 17.7 Å². The molecule has 1 N–H and O–H groups in total. The highest BCUT2D eigenvalue weighted by Gasteiger charge is 2.36. The molecule has 0 saturated heterocycles. The van der Waals surface area contributed by atoms with Crippen LogP contribution in [0.3, 0.4) is 0 Å². The molecule has 5 rings (SSSR count). The Labute approximate surface area is 190 Å². The summed E-state index contributed by atoms with van der Waals surface area (Å²) in [5, 5.41) is 3.90. The first-order valence-corrected chi connectivity index (χ1v) is 10.3. The average Bonchev–Trinajstić information content (AvgIpc) is 3.43. The molecule has 7 nitrogen and oxygen atoms in total. The van der Waals surface area contributed by atoms with Gasteiger partial charge in [0.2, 0.25) is 0 Å². The Hall–Kier alpha value is -3.66. The van der Waals surface area contributed by atoms with Crippen molar-refractivity contribution in [1.82, 2.24) is 24.7 Å². The van der Waals surface area contributed by atoms with Crippen molar-refractivity contribution in [2.75, 3.05) is 11.4 Å². The Balaban J connectivity index is 1.53. The second-order valence-corrected chi connectivity index (χ2v) is 8.03. The number of alkyl halides is 3. The van der Waals surface area contributed by atoms with Crippen molar-refractivity contribution < 1.29 is 18.0 Å². The highest BCUT2D eigenvalue weighted by atomic mass is 35.5. The molecule has 1 aromatic carbocycles. The lowest BCUT2D eigenvalue weighted by molar-refractivity contribution is -0.137. The summed E-state index contributed by atoms with van der Waals surface area (Å²) in [5.41, 5.74) is 1.28. The van der Waals surface area contributed by atoms with E-state index >= 15 is 0 Å². The predicted molar refractivity (Wildman–Crippen MR) is 116 cm³/mol. The van der Waals surface area contributed by atoms with Crippen LogP contribution in [0.1, 0.15) is 29.0 Å². The fraction of sp³-hybridized carbons (Fsp3) is 0.182. The number of benzene rings is 1.